The molecule has 13 heavy (non-hydrogen) atoms. The summed E-state index contributed by atoms with van der Waals surface area (Å²) < 4.78 is 5.71. The van der Waals surface area contributed by atoms with Gasteiger partial charge in [-0.3, -0.25) is 4.79 Å². The van der Waals surface area contributed by atoms with Gasteiger partial charge in [0.05, 0.1) is 17.7 Å². The van der Waals surface area contributed by atoms with Gasteiger partial charge in [0.25, 0.3) is 0 Å². The second-order valence-corrected chi connectivity index (χ2v) is 4.45. The fraction of sp³-hybridized carbons (Fsp3) is 0.889. The predicted molar refractivity (Wildman–Crippen MR) is 50.2 cm³/mol. The molecule has 1 rings (SSSR count). The van der Waals surface area contributed by atoms with Crippen molar-refractivity contribution in [3.05, 3.63) is 0 Å². The highest BCUT2D eigenvalue weighted by Crippen LogP contribution is 2.17. The standard InChI is InChI=1S/C9H18N2O2/c1-9(2,3)13-6-4-7(8(10)12)11-5-6/h6-7,11H,4-5H2,1-3H3,(H2,10,12). The zero-order valence-corrected chi connectivity index (χ0v) is 8.46. The number of rotatable bonds is 2. The Bertz CT molecular complexity index is 198. The first-order valence-corrected chi connectivity index (χ1v) is 4.59. The third kappa shape index (κ3) is 3.32. The van der Waals surface area contributed by atoms with E-state index in [1.54, 1.807) is 0 Å². The summed E-state index contributed by atoms with van der Waals surface area (Å²) in [5.74, 6) is -0.292. The molecule has 0 aromatic rings. The second-order valence-electron chi connectivity index (χ2n) is 4.45. The highest BCUT2D eigenvalue weighted by atomic mass is 16.5. The number of nitrogens with one attached hydrogen (secondary N) is 1. The van der Waals surface area contributed by atoms with Crippen molar-refractivity contribution in [2.45, 2.75) is 44.9 Å². The molecule has 1 saturated heterocycles. The lowest BCUT2D eigenvalue weighted by Gasteiger charge is -2.24. The zero-order valence-electron chi connectivity index (χ0n) is 8.46. The average Bonchev–Trinajstić information content (AvgIpc) is 2.31. The Morgan fingerprint density at radius 1 is 1.54 bits per heavy atom. The number of amides is 1. The minimum absolute atomic E-state index is 0.109. The van der Waals surface area contributed by atoms with Crippen LogP contribution in [0.15, 0.2) is 0 Å². The Balaban J connectivity index is 2.38. The molecule has 0 aliphatic carbocycles. The number of hydrogen-bond acceptors (Lipinski definition) is 3. The third-order valence-electron chi connectivity index (χ3n) is 1.95. The molecule has 2 unspecified atom stereocenters. The summed E-state index contributed by atoms with van der Waals surface area (Å²) in [5, 5.41) is 3.03. The van der Waals surface area contributed by atoms with Gasteiger partial charge in [0.1, 0.15) is 0 Å². The molecule has 1 amide bonds. The van der Waals surface area contributed by atoms with Crippen molar-refractivity contribution in [1.29, 1.82) is 0 Å². The van der Waals surface area contributed by atoms with Gasteiger partial charge in [-0.05, 0) is 27.2 Å². The number of hydrogen-bond donors (Lipinski definition) is 2. The predicted octanol–water partition coefficient (Wildman–Crippen LogP) is 0.0173. The fourth-order valence-electron chi connectivity index (χ4n) is 1.51. The van der Waals surface area contributed by atoms with Crippen LogP contribution >= 0.6 is 0 Å². The summed E-state index contributed by atoms with van der Waals surface area (Å²) in [5.41, 5.74) is 5.01. The maximum Gasteiger partial charge on any atom is 0.234 e. The van der Waals surface area contributed by atoms with Gasteiger partial charge < -0.3 is 15.8 Å². The van der Waals surface area contributed by atoms with E-state index in [0.717, 1.165) is 0 Å². The van der Waals surface area contributed by atoms with Gasteiger partial charge in [-0.15, -0.1) is 0 Å². The van der Waals surface area contributed by atoms with E-state index in [4.69, 9.17) is 10.5 Å². The van der Waals surface area contributed by atoms with Crippen LogP contribution in [0.3, 0.4) is 0 Å². The molecular weight excluding hydrogens is 168 g/mol. The molecule has 1 aliphatic rings. The van der Waals surface area contributed by atoms with E-state index in [1.165, 1.54) is 0 Å². The van der Waals surface area contributed by atoms with Gasteiger partial charge in [-0.2, -0.15) is 0 Å². The van der Waals surface area contributed by atoms with Gasteiger partial charge in [-0.1, -0.05) is 0 Å². The van der Waals surface area contributed by atoms with Crippen LogP contribution in [0.2, 0.25) is 0 Å². The molecule has 0 aromatic heterocycles. The van der Waals surface area contributed by atoms with Crippen LogP contribution in [-0.4, -0.2) is 30.2 Å². The lowest BCUT2D eigenvalue weighted by atomic mass is 10.1. The molecule has 4 nitrogen and oxygen atoms in total. The summed E-state index contributed by atoms with van der Waals surface area (Å²) in [7, 11) is 0. The van der Waals surface area contributed by atoms with Crippen LogP contribution in [0.5, 0.6) is 0 Å². The molecule has 0 bridgehead atoms. The van der Waals surface area contributed by atoms with E-state index in [1.807, 2.05) is 20.8 Å². The smallest absolute Gasteiger partial charge is 0.234 e. The normalized spacial score (nSPS) is 29.2. The molecule has 1 aliphatic heterocycles. The van der Waals surface area contributed by atoms with Crippen molar-refractivity contribution in [2.75, 3.05) is 6.54 Å². The maximum atomic E-state index is 10.8. The van der Waals surface area contributed by atoms with E-state index >= 15 is 0 Å². The van der Waals surface area contributed by atoms with Crippen molar-refractivity contribution in [2.24, 2.45) is 5.73 Å². The zero-order chi connectivity index (χ0) is 10.1. The Labute approximate surface area is 78.8 Å². The first-order chi connectivity index (χ1) is 5.88. The van der Waals surface area contributed by atoms with Crippen LogP contribution in [0.25, 0.3) is 0 Å². The number of carbonyl (C=O) groups excluding carboxylic acids is 1. The first-order valence-electron chi connectivity index (χ1n) is 4.59. The first kappa shape index (κ1) is 10.5. The molecule has 0 radical (unpaired) electrons. The summed E-state index contributed by atoms with van der Waals surface area (Å²) >= 11 is 0. The molecular formula is C9H18N2O2. The molecule has 0 spiro atoms. The minimum Gasteiger partial charge on any atom is -0.371 e. The number of primary amides is 1. The van der Waals surface area contributed by atoms with E-state index in [0.29, 0.717) is 13.0 Å². The third-order valence-corrected chi connectivity index (χ3v) is 1.95. The molecule has 1 fully saturated rings. The van der Waals surface area contributed by atoms with E-state index in [9.17, 15) is 4.79 Å². The van der Waals surface area contributed by atoms with E-state index < -0.39 is 0 Å². The van der Waals surface area contributed by atoms with Crippen molar-refractivity contribution < 1.29 is 9.53 Å². The summed E-state index contributed by atoms with van der Waals surface area (Å²) in [4.78, 5) is 10.8. The van der Waals surface area contributed by atoms with Crippen molar-refractivity contribution >= 4 is 5.91 Å². The van der Waals surface area contributed by atoms with Gasteiger partial charge in [0.15, 0.2) is 0 Å². The molecule has 3 N–H and O–H groups in total. The highest BCUT2D eigenvalue weighted by molar-refractivity contribution is 5.80. The highest BCUT2D eigenvalue weighted by Gasteiger charge is 2.30. The van der Waals surface area contributed by atoms with Crippen molar-refractivity contribution in [3.8, 4) is 0 Å². The summed E-state index contributed by atoms with van der Waals surface area (Å²) in [6.45, 7) is 6.73. The monoisotopic (exact) mass is 186 g/mol. The quantitative estimate of drug-likeness (QED) is 0.639. The van der Waals surface area contributed by atoms with Gasteiger partial charge in [0, 0.05) is 6.54 Å². The minimum atomic E-state index is -0.292. The van der Waals surface area contributed by atoms with E-state index in [-0.39, 0.29) is 23.7 Å². The lowest BCUT2D eigenvalue weighted by Crippen LogP contribution is -2.36. The molecule has 0 saturated carbocycles. The second kappa shape index (κ2) is 3.64. The lowest BCUT2D eigenvalue weighted by molar-refractivity contribution is -0.120. The van der Waals surface area contributed by atoms with Crippen molar-refractivity contribution in [1.82, 2.24) is 5.32 Å². The van der Waals surface area contributed by atoms with Crippen LogP contribution in [-0.2, 0) is 9.53 Å². The largest absolute Gasteiger partial charge is 0.371 e. The van der Waals surface area contributed by atoms with Crippen LogP contribution < -0.4 is 11.1 Å². The Hall–Kier alpha value is -0.610. The molecule has 0 aromatic carbocycles. The fourth-order valence-corrected chi connectivity index (χ4v) is 1.51. The Morgan fingerprint density at radius 3 is 2.54 bits per heavy atom. The average molecular weight is 186 g/mol. The van der Waals surface area contributed by atoms with Gasteiger partial charge in [0.2, 0.25) is 5.91 Å². The van der Waals surface area contributed by atoms with Crippen LogP contribution in [0.4, 0.5) is 0 Å². The maximum absolute atomic E-state index is 10.8. The van der Waals surface area contributed by atoms with Gasteiger partial charge in [-0.25, -0.2) is 0 Å². The summed E-state index contributed by atoms with van der Waals surface area (Å²) in [6, 6.07) is -0.215. The van der Waals surface area contributed by atoms with Crippen LogP contribution in [0.1, 0.15) is 27.2 Å². The molecule has 1 heterocycles. The molecule has 76 valence electrons. The topological polar surface area (TPSA) is 64.3 Å². The van der Waals surface area contributed by atoms with E-state index in [2.05, 4.69) is 5.32 Å². The number of carbonyl (C=O) groups is 1. The molecule has 4 heteroatoms. The van der Waals surface area contributed by atoms with Crippen molar-refractivity contribution in [3.63, 3.8) is 0 Å². The Kier molecular flexibility index (Phi) is 2.93. The van der Waals surface area contributed by atoms with Gasteiger partial charge >= 0.3 is 0 Å². The number of nitrogens with two attached hydrogens (primary N) is 1. The number of ether oxygens (including phenoxy) is 1. The van der Waals surface area contributed by atoms with Crippen LogP contribution in [0, 0.1) is 0 Å². The SMILES string of the molecule is CC(C)(C)OC1CNC(C(N)=O)C1. The Morgan fingerprint density at radius 2 is 2.15 bits per heavy atom. The summed E-state index contributed by atoms with van der Waals surface area (Å²) in [6.07, 6.45) is 0.796. The molecule has 2 atom stereocenters.